The molecule has 5 aromatic rings. The number of fused-ring (bicyclic) bond motifs is 4. The zero-order valence-corrected chi connectivity index (χ0v) is 30.8. The molecule has 2 aliphatic carbocycles. The fourth-order valence-electron chi connectivity index (χ4n) is 8.88. The molecule has 10 rings (SSSR count). The summed E-state index contributed by atoms with van der Waals surface area (Å²) in [6, 6.07) is 11.8. The summed E-state index contributed by atoms with van der Waals surface area (Å²) in [5.41, 5.74) is 6.11. The summed E-state index contributed by atoms with van der Waals surface area (Å²) in [6.45, 7) is 5.62. The van der Waals surface area contributed by atoms with E-state index < -0.39 is 5.82 Å². The Morgan fingerprint density at radius 1 is 1.17 bits per heavy atom. The molecule has 13 heteroatoms. The molecule has 3 saturated heterocycles. The number of benzene rings is 2. The Balaban J connectivity index is 1.23. The lowest BCUT2D eigenvalue weighted by Gasteiger charge is -2.39. The topological polar surface area (TPSA) is 114 Å². The van der Waals surface area contributed by atoms with Crippen molar-refractivity contribution in [3.63, 3.8) is 0 Å². The van der Waals surface area contributed by atoms with E-state index in [4.69, 9.17) is 32.9 Å². The van der Waals surface area contributed by atoms with Crippen LogP contribution in [0.4, 0.5) is 4.39 Å². The molecular formula is C39H39Cl2FN8O2. The van der Waals surface area contributed by atoms with Crippen LogP contribution in [0.5, 0.6) is 0 Å². The third-order valence-electron chi connectivity index (χ3n) is 11.9. The van der Waals surface area contributed by atoms with Gasteiger partial charge in [-0.3, -0.25) is 9.48 Å². The number of pyridine rings is 1. The third kappa shape index (κ3) is 5.32. The van der Waals surface area contributed by atoms with Crippen LogP contribution < -0.4 is 5.32 Å². The fraction of sp³-hybridized carbons (Fsp3) is 0.462. The van der Waals surface area contributed by atoms with Gasteiger partial charge in [0.05, 0.1) is 52.1 Å². The Kier molecular flexibility index (Phi) is 8.30. The van der Waals surface area contributed by atoms with Gasteiger partial charge in [0.25, 0.3) is 0 Å². The van der Waals surface area contributed by atoms with Gasteiger partial charge in [-0.2, -0.15) is 5.26 Å². The number of carbonyl (C=O) groups is 1. The van der Waals surface area contributed by atoms with E-state index >= 15 is 4.39 Å². The van der Waals surface area contributed by atoms with Crippen molar-refractivity contribution in [3.05, 3.63) is 74.5 Å². The number of hydrogen-bond acceptors (Lipinski definition) is 7. The Labute approximate surface area is 310 Å². The van der Waals surface area contributed by atoms with Crippen LogP contribution in [0.3, 0.4) is 0 Å². The second-order valence-electron chi connectivity index (χ2n) is 15.0. The van der Waals surface area contributed by atoms with Crippen LogP contribution in [0.15, 0.2) is 30.3 Å². The van der Waals surface area contributed by atoms with Crippen molar-refractivity contribution >= 4 is 50.9 Å². The summed E-state index contributed by atoms with van der Waals surface area (Å²) in [6.07, 6.45) is 3.87. The normalized spacial score (nSPS) is 23.9. The molecule has 0 unspecified atom stereocenters. The van der Waals surface area contributed by atoms with E-state index in [1.165, 1.54) is 0 Å². The van der Waals surface area contributed by atoms with Gasteiger partial charge in [-0.05, 0) is 69.2 Å². The van der Waals surface area contributed by atoms with E-state index in [1.807, 2.05) is 31.9 Å². The molecule has 52 heavy (non-hydrogen) atoms. The van der Waals surface area contributed by atoms with Crippen molar-refractivity contribution in [3.8, 4) is 17.2 Å². The van der Waals surface area contributed by atoms with Gasteiger partial charge < -0.3 is 19.5 Å². The molecule has 2 aromatic carbocycles. The highest BCUT2D eigenvalue weighted by Crippen LogP contribution is 2.51. The van der Waals surface area contributed by atoms with Crippen LogP contribution >= 0.6 is 23.2 Å². The molecule has 1 amide bonds. The number of aromatic nitrogens is 5. The van der Waals surface area contributed by atoms with Gasteiger partial charge in [0, 0.05) is 78.2 Å². The van der Waals surface area contributed by atoms with Crippen LogP contribution in [0, 0.1) is 42.8 Å². The Morgan fingerprint density at radius 2 is 2.00 bits per heavy atom. The van der Waals surface area contributed by atoms with Crippen LogP contribution in [0.2, 0.25) is 10.0 Å². The Morgan fingerprint density at radius 3 is 2.69 bits per heavy atom. The maximum atomic E-state index is 17.2. The highest BCUT2D eigenvalue weighted by Gasteiger charge is 2.51. The molecule has 5 aliphatic rings. The van der Waals surface area contributed by atoms with Crippen molar-refractivity contribution in [2.75, 3.05) is 13.1 Å². The van der Waals surface area contributed by atoms with Crippen molar-refractivity contribution in [1.29, 1.82) is 5.26 Å². The lowest BCUT2D eigenvalue weighted by Crippen LogP contribution is -2.41. The first-order valence-corrected chi connectivity index (χ1v) is 18.9. The smallest absolute Gasteiger partial charge is 0.226 e. The maximum absolute atomic E-state index is 17.2. The molecule has 3 aliphatic heterocycles. The number of carbonyl (C=O) groups excluding carboxylic acids is 1. The molecule has 5 atom stereocenters. The molecule has 268 valence electrons. The van der Waals surface area contributed by atoms with Gasteiger partial charge in [0.1, 0.15) is 11.2 Å². The van der Waals surface area contributed by atoms with Crippen molar-refractivity contribution in [1.82, 2.24) is 34.8 Å². The minimum atomic E-state index is -0.484. The molecule has 5 fully saturated rings. The van der Waals surface area contributed by atoms with Crippen molar-refractivity contribution in [2.45, 2.75) is 83.2 Å². The molecule has 1 N–H and O–H groups in total. The van der Waals surface area contributed by atoms with Gasteiger partial charge in [-0.1, -0.05) is 40.5 Å². The second-order valence-corrected chi connectivity index (χ2v) is 15.8. The number of hydrogen-bond donors (Lipinski definition) is 1. The number of likely N-dealkylation sites (tertiary alicyclic amines) is 1. The van der Waals surface area contributed by atoms with Crippen LogP contribution in [0.1, 0.15) is 72.5 Å². The van der Waals surface area contributed by atoms with Crippen LogP contribution in [-0.4, -0.2) is 60.6 Å². The molecule has 2 bridgehead atoms. The lowest BCUT2D eigenvalue weighted by molar-refractivity contribution is -0.134. The Hall–Kier alpha value is -4.08. The van der Waals surface area contributed by atoms with E-state index in [-0.39, 0.29) is 53.0 Å². The summed E-state index contributed by atoms with van der Waals surface area (Å²) >= 11 is 13.1. The number of nitrogens with one attached hydrogen (secondary N) is 1. The minimum absolute atomic E-state index is 0.0422. The van der Waals surface area contributed by atoms with E-state index in [9.17, 15) is 10.1 Å². The maximum Gasteiger partial charge on any atom is 0.226 e. The van der Waals surface area contributed by atoms with Crippen molar-refractivity contribution in [2.24, 2.45) is 18.9 Å². The standard InChI is InChI=1S/C39H39Cl2FN8O2/c1-19-26-15-32(31-14-24(17-49(31)39(51)21-9-10-21)52-18-30-20(2)48(3)47-46-30)50(37-23-13-29(37)44-16-23)38(26)27-12-22(6-5-11-43)33(35(42)36(27)45-19)25-7-4-8-28(40)34(25)41/h4,7-8,12,15,21,23-24,29,31,37,44H,5-6,9-10,13-14,16-18H2,1-3H3/t23-,24+,29-,31-,37+/m1/s1. The quantitative estimate of drug-likeness (QED) is 0.169. The monoisotopic (exact) mass is 740 g/mol. The first-order valence-electron chi connectivity index (χ1n) is 18.1. The predicted octanol–water partition coefficient (Wildman–Crippen LogP) is 7.31. The summed E-state index contributed by atoms with van der Waals surface area (Å²) in [5.74, 6) is 0.144. The minimum Gasteiger partial charge on any atom is -0.370 e. The van der Waals surface area contributed by atoms with Crippen LogP contribution in [0.25, 0.3) is 32.9 Å². The van der Waals surface area contributed by atoms with E-state index in [1.54, 1.807) is 22.9 Å². The number of halogens is 3. The zero-order valence-electron chi connectivity index (χ0n) is 29.3. The van der Waals surface area contributed by atoms with Gasteiger partial charge in [0.2, 0.25) is 5.91 Å². The molecule has 10 nitrogen and oxygen atoms in total. The summed E-state index contributed by atoms with van der Waals surface area (Å²) in [5, 5.41) is 23.9. The van der Waals surface area contributed by atoms with Crippen LogP contribution in [-0.2, 0) is 29.6 Å². The highest BCUT2D eigenvalue weighted by atomic mass is 35.5. The third-order valence-corrected chi connectivity index (χ3v) is 12.7. The molecule has 6 heterocycles. The first kappa shape index (κ1) is 33.7. The summed E-state index contributed by atoms with van der Waals surface area (Å²) < 4.78 is 27.8. The van der Waals surface area contributed by atoms with Gasteiger partial charge in [0.15, 0.2) is 5.82 Å². The molecule has 2 saturated carbocycles. The van der Waals surface area contributed by atoms with Gasteiger partial charge in [-0.25, -0.2) is 9.37 Å². The number of aryl methyl sites for hydroxylation is 3. The lowest BCUT2D eigenvalue weighted by atomic mass is 9.79. The fourth-order valence-corrected chi connectivity index (χ4v) is 9.28. The van der Waals surface area contributed by atoms with E-state index in [0.29, 0.717) is 64.7 Å². The van der Waals surface area contributed by atoms with E-state index in [0.717, 1.165) is 53.8 Å². The molecule has 3 aromatic heterocycles. The van der Waals surface area contributed by atoms with E-state index in [2.05, 4.69) is 32.3 Å². The summed E-state index contributed by atoms with van der Waals surface area (Å²) in [7, 11) is 1.86. The predicted molar refractivity (Wildman–Crippen MR) is 196 cm³/mol. The number of ether oxygens (including phenoxy) is 1. The second kappa shape index (κ2) is 12.8. The van der Waals surface area contributed by atoms with Gasteiger partial charge >= 0.3 is 0 Å². The summed E-state index contributed by atoms with van der Waals surface area (Å²) in [4.78, 5) is 20.9. The van der Waals surface area contributed by atoms with Crippen molar-refractivity contribution < 1.29 is 13.9 Å². The molecule has 0 radical (unpaired) electrons. The number of nitriles is 1. The molecule has 0 spiro atoms. The largest absolute Gasteiger partial charge is 0.370 e. The SMILES string of the molecule is Cc1nc2c(F)c(-c3cccc(Cl)c3Cl)c(CCC#N)cc2c2c1cc([C@H]1C[C@H](OCc3nnn(C)c3C)CN1C(=O)C1CC1)n2[C@H]1[C@H]2CN[C@@H]1C2. The first-order chi connectivity index (χ1) is 25.1. The number of nitrogens with zero attached hydrogens (tertiary/aromatic N) is 7. The number of amides is 1. The highest BCUT2D eigenvalue weighted by molar-refractivity contribution is 6.43. The average molecular weight is 742 g/mol. The zero-order chi connectivity index (χ0) is 36.0. The molecular weight excluding hydrogens is 702 g/mol. The average Bonchev–Trinajstić information content (AvgIpc) is 3.49. The Bertz CT molecular complexity index is 2310. The van der Waals surface area contributed by atoms with Gasteiger partial charge in [-0.15, -0.1) is 5.10 Å². The number of rotatable bonds is 9.